The molecule has 0 bridgehead atoms. The Morgan fingerprint density at radius 3 is 2.36 bits per heavy atom. The highest BCUT2D eigenvalue weighted by atomic mass is 16.5. The van der Waals surface area contributed by atoms with E-state index in [4.69, 9.17) is 0 Å². The van der Waals surface area contributed by atoms with E-state index >= 15 is 0 Å². The van der Waals surface area contributed by atoms with E-state index in [2.05, 4.69) is 17.9 Å². The van der Waals surface area contributed by atoms with Crippen molar-refractivity contribution >= 4 is 5.97 Å². The van der Waals surface area contributed by atoms with Crippen LogP contribution >= 0.6 is 0 Å². The van der Waals surface area contributed by atoms with E-state index in [1.54, 1.807) is 19.9 Å². The van der Waals surface area contributed by atoms with Crippen LogP contribution in [-0.2, 0) is 9.53 Å². The molecule has 0 fully saturated rings. The van der Waals surface area contributed by atoms with Crippen molar-refractivity contribution in [2.24, 2.45) is 0 Å². The molecule has 0 aromatic carbocycles. The first-order valence-corrected chi connectivity index (χ1v) is 3.23. The van der Waals surface area contributed by atoms with Crippen molar-refractivity contribution in [2.45, 2.75) is 13.8 Å². The zero-order chi connectivity index (χ0) is 8.85. The predicted molar refractivity (Wildman–Crippen MR) is 44.9 cm³/mol. The highest BCUT2D eigenvalue weighted by Gasteiger charge is 1.99. The molecule has 2 nitrogen and oxygen atoms in total. The molecule has 0 rings (SSSR count). The number of ether oxygens (including phenoxy) is 1. The summed E-state index contributed by atoms with van der Waals surface area (Å²) in [4.78, 5) is 10.8. The van der Waals surface area contributed by atoms with Gasteiger partial charge in [0.2, 0.25) is 0 Å². The molecule has 0 aliphatic heterocycles. The molecule has 0 N–H and O–H groups in total. The fourth-order valence-corrected chi connectivity index (χ4v) is 0.295. The van der Waals surface area contributed by atoms with E-state index in [9.17, 15) is 4.79 Å². The van der Waals surface area contributed by atoms with Gasteiger partial charge in [-0.05, 0) is 19.4 Å². The van der Waals surface area contributed by atoms with Gasteiger partial charge >= 0.3 is 5.97 Å². The van der Waals surface area contributed by atoms with Gasteiger partial charge in [0.15, 0.2) is 0 Å². The molecule has 0 saturated carbocycles. The topological polar surface area (TPSA) is 26.3 Å². The Bertz CT molecular complexity index is 212. The van der Waals surface area contributed by atoms with Gasteiger partial charge in [-0.15, -0.1) is 0 Å². The second kappa shape index (κ2) is 4.50. The minimum absolute atomic E-state index is 0.387. The van der Waals surface area contributed by atoms with Gasteiger partial charge in [-0.2, -0.15) is 0 Å². The van der Waals surface area contributed by atoms with E-state index in [0.29, 0.717) is 5.57 Å². The fraction of sp³-hybridized carbons (Fsp3) is 0.222. The molecular weight excluding hydrogens is 140 g/mol. The number of carbonyl (C=O) groups excluding carboxylic acids is 1. The van der Waals surface area contributed by atoms with Crippen LogP contribution in [0.15, 0.2) is 36.6 Å². The second-order valence-corrected chi connectivity index (χ2v) is 2.25. The molecular formula is C9H12O2. The summed E-state index contributed by atoms with van der Waals surface area (Å²) in [6.07, 6.45) is 2.95. The first-order chi connectivity index (χ1) is 5.07. The van der Waals surface area contributed by atoms with Gasteiger partial charge in [0.1, 0.15) is 0 Å². The summed E-state index contributed by atoms with van der Waals surface area (Å²) in [5.74, 6) is -0.411. The molecule has 0 aromatic heterocycles. The number of esters is 1. The zero-order valence-electron chi connectivity index (χ0n) is 6.89. The Balaban J connectivity index is 3.98. The first-order valence-electron chi connectivity index (χ1n) is 3.23. The van der Waals surface area contributed by atoms with Gasteiger partial charge in [0, 0.05) is 5.57 Å². The Hall–Kier alpha value is -1.31. The molecule has 2 heteroatoms. The summed E-state index contributed by atoms with van der Waals surface area (Å²) < 4.78 is 4.68. The maximum Gasteiger partial charge on any atom is 0.337 e. The van der Waals surface area contributed by atoms with Crippen molar-refractivity contribution < 1.29 is 9.53 Å². The van der Waals surface area contributed by atoms with E-state index in [0.717, 1.165) is 5.57 Å². The Kier molecular flexibility index (Phi) is 3.96. The molecule has 0 amide bonds. The third-order valence-corrected chi connectivity index (χ3v) is 1.02. The monoisotopic (exact) mass is 152 g/mol. The fourth-order valence-electron chi connectivity index (χ4n) is 0.295. The number of hydrogen-bond donors (Lipinski definition) is 0. The molecule has 0 radical (unpaired) electrons. The van der Waals surface area contributed by atoms with E-state index < -0.39 is 5.97 Å². The quantitative estimate of drug-likeness (QED) is 0.268. The third kappa shape index (κ3) is 4.14. The van der Waals surface area contributed by atoms with Gasteiger partial charge in [-0.3, -0.25) is 0 Å². The molecule has 0 unspecified atom stereocenters. The molecule has 0 aliphatic carbocycles. The lowest BCUT2D eigenvalue weighted by atomic mass is 10.3. The van der Waals surface area contributed by atoms with E-state index in [1.165, 1.54) is 6.26 Å². The van der Waals surface area contributed by atoms with Gasteiger partial charge in [-0.25, -0.2) is 4.79 Å². The molecule has 0 heterocycles. The van der Waals surface area contributed by atoms with Crippen LogP contribution in [0.5, 0.6) is 0 Å². The molecule has 0 aromatic rings. The number of hydrogen-bond acceptors (Lipinski definition) is 2. The highest BCUT2D eigenvalue weighted by molar-refractivity contribution is 5.87. The summed E-state index contributed by atoms with van der Waals surface area (Å²) in [6, 6.07) is 0. The minimum atomic E-state index is -0.411. The van der Waals surface area contributed by atoms with Crippen molar-refractivity contribution in [3.8, 4) is 0 Å². The Morgan fingerprint density at radius 1 is 1.45 bits per heavy atom. The largest absolute Gasteiger partial charge is 0.431 e. The van der Waals surface area contributed by atoms with Crippen LogP contribution in [-0.4, -0.2) is 5.97 Å². The zero-order valence-corrected chi connectivity index (χ0v) is 6.89. The SMILES string of the molecule is C=C/C(C)=C/OC(=O)C(=C)C. The summed E-state index contributed by atoms with van der Waals surface area (Å²) in [6.45, 7) is 10.3. The lowest BCUT2D eigenvalue weighted by Crippen LogP contribution is -1.99. The van der Waals surface area contributed by atoms with Crippen LogP contribution in [0.1, 0.15) is 13.8 Å². The van der Waals surface area contributed by atoms with Crippen LogP contribution in [0.4, 0.5) is 0 Å². The van der Waals surface area contributed by atoms with Crippen LogP contribution in [0.3, 0.4) is 0 Å². The van der Waals surface area contributed by atoms with Crippen molar-refractivity contribution in [3.63, 3.8) is 0 Å². The van der Waals surface area contributed by atoms with Crippen molar-refractivity contribution in [3.05, 3.63) is 36.6 Å². The number of carbonyl (C=O) groups is 1. The van der Waals surface area contributed by atoms with Gasteiger partial charge < -0.3 is 4.74 Å². The molecule has 0 spiro atoms. The lowest BCUT2D eigenvalue weighted by molar-refractivity contribution is -0.133. The van der Waals surface area contributed by atoms with Gasteiger partial charge in [-0.1, -0.05) is 19.2 Å². The molecule has 11 heavy (non-hydrogen) atoms. The smallest absolute Gasteiger partial charge is 0.337 e. The standard InChI is InChI=1S/C9H12O2/c1-5-8(4)6-11-9(10)7(2)3/h5-6H,1-2H2,3-4H3/b8-6+. The predicted octanol–water partition coefficient (Wildman–Crippen LogP) is 2.20. The van der Waals surface area contributed by atoms with E-state index in [1.807, 2.05) is 0 Å². The van der Waals surface area contributed by atoms with Crippen LogP contribution < -0.4 is 0 Å². The summed E-state index contributed by atoms with van der Waals surface area (Å²) in [5, 5.41) is 0. The first kappa shape index (κ1) is 9.69. The number of allylic oxidation sites excluding steroid dienone is 2. The number of rotatable bonds is 3. The molecule has 0 atom stereocenters. The van der Waals surface area contributed by atoms with E-state index in [-0.39, 0.29) is 0 Å². The average Bonchev–Trinajstić information content (AvgIpc) is 1.99. The summed E-state index contributed by atoms with van der Waals surface area (Å²) in [5.41, 5.74) is 1.19. The van der Waals surface area contributed by atoms with Crippen molar-refractivity contribution in [1.82, 2.24) is 0 Å². The molecule has 0 saturated heterocycles. The van der Waals surface area contributed by atoms with Crippen LogP contribution in [0.25, 0.3) is 0 Å². The maximum atomic E-state index is 10.8. The van der Waals surface area contributed by atoms with Crippen LogP contribution in [0, 0.1) is 0 Å². The minimum Gasteiger partial charge on any atom is -0.431 e. The van der Waals surface area contributed by atoms with Gasteiger partial charge in [0.05, 0.1) is 6.26 Å². The lowest BCUT2D eigenvalue weighted by Gasteiger charge is -1.96. The van der Waals surface area contributed by atoms with Gasteiger partial charge in [0.25, 0.3) is 0 Å². The van der Waals surface area contributed by atoms with Crippen molar-refractivity contribution in [1.29, 1.82) is 0 Å². The normalized spacial score (nSPS) is 10.5. The maximum absolute atomic E-state index is 10.8. The average molecular weight is 152 g/mol. The Labute approximate surface area is 66.9 Å². The van der Waals surface area contributed by atoms with Crippen LogP contribution in [0.2, 0.25) is 0 Å². The highest BCUT2D eigenvalue weighted by Crippen LogP contribution is 1.97. The molecule has 0 aliphatic rings. The van der Waals surface area contributed by atoms with Crippen molar-refractivity contribution in [2.75, 3.05) is 0 Å². The second-order valence-electron chi connectivity index (χ2n) is 2.25. The summed E-state index contributed by atoms with van der Waals surface area (Å²) >= 11 is 0. The Morgan fingerprint density at radius 2 is 2.00 bits per heavy atom. The molecule has 60 valence electrons. The summed E-state index contributed by atoms with van der Waals surface area (Å²) in [7, 11) is 0. The third-order valence-electron chi connectivity index (χ3n) is 1.02.